The second-order valence-electron chi connectivity index (χ2n) is 8.12. The highest BCUT2D eigenvalue weighted by Crippen LogP contribution is 2.31. The maximum Gasteiger partial charge on any atom is 0.236 e. The van der Waals surface area contributed by atoms with Crippen molar-refractivity contribution in [1.82, 2.24) is 19.7 Å². The van der Waals surface area contributed by atoms with Crippen molar-refractivity contribution in [3.8, 4) is 22.6 Å². The molecule has 0 saturated heterocycles. The first-order valence-electron chi connectivity index (χ1n) is 10.8. The van der Waals surface area contributed by atoms with Crippen LogP contribution in [0.4, 0.5) is 5.13 Å². The summed E-state index contributed by atoms with van der Waals surface area (Å²) in [6.45, 7) is 11.4. The zero-order valence-corrected chi connectivity index (χ0v) is 21.8. The van der Waals surface area contributed by atoms with Crippen LogP contribution in [0.15, 0.2) is 40.2 Å². The van der Waals surface area contributed by atoms with Crippen molar-refractivity contribution >= 4 is 45.5 Å². The number of carbonyl (C=O) groups is 1. The predicted octanol–water partition coefficient (Wildman–Crippen LogP) is 6.62. The molecule has 0 radical (unpaired) electrons. The van der Waals surface area contributed by atoms with Crippen LogP contribution in [0.2, 0.25) is 0 Å². The average molecular weight is 498 g/mol. The number of anilines is 1. The van der Waals surface area contributed by atoms with Crippen LogP contribution < -0.4 is 5.32 Å². The van der Waals surface area contributed by atoms with Gasteiger partial charge in [-0.05, 0) is 49.9 Å². The number of aryl methyl sites for hydroxylation is 2. The molecule has 3 aromatic heterocycles. The molecule has 0 aliphatic rings. The highest BCUT2D eigenvalue weighted by molar-refractivity contribution is 7.99. The van der Waals surface area contributed by atoms with E-state index >= 15 is 0 Å². The van der Waals surface area contributed by atoms with E-state index in [1.807, 2.05) is 5.38 Å². The second kappa shape index (κ2) is 10.2. The van der Waals surface area contributed by atoms with E-state index < -0.39 is 0 Å². The second-order valence-corrected chi connectivity index (χ2v) is 10.9. The molecule has 0 saturated carbocycles. The standard InChI is InChI=1S/C24H27N5OS3/c1-6-29-22(18-10-20(14(2)3)31-11-18)27-28-24(29)33-13-21(30)26-23-25-19(12-32-23)17-8-7-15(4)16(5)9-17/h7-12,14H,6,13H2,1-5H3,(H,25,26,30). The summed E-state index contributed by atoms with van der Waals surface area (Å²) in [6.07, 6.45) is 0. The van der Waals surface area contributed by atoms with E-state index in [0.717, 1.165) is 34.3 Å². The van der Waals surface area contributed by atoms with Gasteiger partial charge in [0.1, 0.15) is 0 Å². The van der Waals surface area contributed by atoms with Crippen LogP contribution in [0, 0.1) is 13.8 Å². The van der Waals surface area contributed by atoms with Gasteiger partial charge in [0.05, 0.1) is 11.4 Å². The van der Waals surface area contributed by atoms with Crippen molar-refractivity contribution in [2.24, 2.45) is 0 Å². The zero-order valence-electron chi connectivity index (χ0n) is 19.4. The van der Waals surface area contributed by atoms with Gasteiger partial charge in [-0.25, -0.2) is 4.98 Å². The normalized spacial score (nSPS) is 11.3. The van der Waals surface area contributed by atoms with E-state index in [1.54, 1.807) is 11.3 Å². The number of aromatic nitrogens is 4. The minimum absolute atomic E-state index is 0.106. The lowest BCUT2D eigenvalue weighted by Crippen LogP contribution is -2.14. The topological polar surface area (TPSA) is 72.7 Å². The number of rotatable bonds is 8. The number of thioether (sulfide) groups is 1. The highest BCUT2D eigenvalue weighted by atomic mass is 32.2. The molecule has 172 valence electrons. The van der Waals surface area contributed by atoms with Crippen LogP contribution in [0.1, 0.15) is 42.7 Å². The molecule has 4 rings (SSSR count). The Labute approximate surface area is 206 Å². The van der Waals surface area contributed by atoms with Crippen LogP contribution >= 0.6 is 34.4 Å². The fourth-order valence-electron chi connectivity index (χ4n) is 3.32. The number of carbonyl (C=O) groups excluding carboxylic acids is 1. The van der Waals surface area contributed by atoms with Gasteiger partial charge in [-0.3, -0.25) is 4.79 Å². The summed E-state index contributed by atoms with van der Waals surface area (Å²) in [5.74, 6) is 1.48. The molecule has 0 atom stereocenters. The molecule has 1 aromatic carbocycles. The monoisotopic (exact) mass is 497 g/mol. The van der Waals surface area contributed by atoms with E-state index in [0.29, 0.717) is 11.0 Å². The molecule has 0 unspecified atom stereocenters. The Hall–Kier alpha value is -2.49. The summed E-state index contributed by atoms with van der Waals surface area (Å²) in [5, 5.41) is 17.1. The molecule has 0 aliphatic heterocycles. The van der Waals surface area contributed by atoms with Crippen LogP contribution in [0.25, 0.3) is 22.6 Å². The molecular weight excluding hydrogens is 470 g/mol. The van der Waals surface area contributed by atoms with E-state index in [-0.39, 0.29) is 11.7 Å². The van der Waals surface area contributed by atoms with Gasteiger partial charge in [-0.2, -0.15) is 0 Å². The van der Waals surface area contributed by atoms with E-state index in [9.17, 15) is 4.79 Å². The lowest BCUT2D eigenvalue weighted by molar-refractivity contribution is -0.113. The molecule has 9 heteroatoms. The molecule has 3 heterocycles. The molecular formula is C24H27N5OS3. The number of nitrogens with one attached hydrogen (secondary N) is 1. The lowest BCUT2D eigenvalue weighted by Gasteiger charge is -2.06. The van der Waals surface area contributed by atoms with Gasteiger partial charge >= 0.3 is 0 Å². The Morgan fingerprint density at radius 3 is 2.61 bits per heavy atom. The van der Waals surface area contributed by atoms with Gasteiger partial charge in [0, 0.05) is 33.3 Å². The number of nitrogens with zero attached hydrogens (tertiary/aromatic N) is 4. The van der Waals surface area contributed by atoms with Gasteiger partial charge in [0.2, 0.25) is 5.91 Å². The molecule has 0 fully saturated rings. The molecule has 0 aliphatic carbocycles. The Bertz CT molecular complexity index is 1270. The largest absolute Gasteiger partial charge is 0.302 e. The predicted molar refractivity (Wildman–Crippen MR) is 139 cm³/mol. The fourth-order valence-corrected chi connectivity index (χ4v) is 5.76. The van der Waals surface area contributed by atoms with Crippen LogP contribution in [-0.2, 0) is 11.3 Å². The summed E-state index contributed by atoms with van der Waals surface area (Å²) < 4.78 is 2.06. The van der Waals surface area contributed by atoms with Gasteiger partial charge in [0.25, 0.3) is 0 Å². The minimum Gasteiger partial charge on any atom is -0.302 e. The van der Waals surface area contributed by atoms with Crippen LogP contribution in [-0.4, -0.2) is 31.4 Å². The third-order valence-corrected chi connectivity index (χ3v) is 8.32. The molecule has 1 N–H and O–H groups in total. The van der Waals surface area contributed by atoms with Crippen molar-refractivity contribution < 1.29 is 4.79 Å². The SMILES string of the molecule is CCn1c(SCC(=O)Nc2nc(-c3ccc(C)c(C)c3)cs2)nnc1-c1csc(C(C)C)c1. The Morgan fingerprint density at radius 1 is 1.09 bits per heavy atom. The fraction of sp³-hybridized carbons (Fsp3) is 0.333. The average Bonchev–Trinajstić information content (AvgIpc) is 3.53. The van der Waals surface area contributed by atoms with Crippen molar-refractivity contribution in [2.45, 2.75) is 52.2 Å². The Kier molecular flexibility index (Phi) is 7.31. The summed E-state index contributed by atoms with van der Waals surface area (Å²) in [7, 11) is 0. The number of hydrogen-bond donors (Lipinski definition) is 1. The van der Waals surface area contributed by atoms with Gasteiger partial charge in [0.15, 0.2) is 16.1 Å². The van der Waals surface area contributed by atoms with Crippen molar-refractivity contribution in [2.75, 3.05) is 11.1 Å². The van der Waals surface area contributed by atoms with Crippen LogP contribution in [0.3, 0.4) is 0 Å². The molecule has 4 aromatic rings. The number of thiophene rings is 1. The lowest BCUT2D eigenvalue weighted by atomic mass is 10.1. The molecule has 6 nitrogen and oxygen atoms in total. The quantitative estimate of drug-likeness (QED) is 0.277. The molecule has 33 heavy (non-hydrogen) atoms. The maximum absolute atomic E-state index is 12.6. The molecule has 1 amide bonds. The number of benzene rings is 1. The van der Waals surface area contributed by atoms with Crippen molar-refractivity contribution in [3.05, 3.63) is 51.0 Å². The molecule has 0 bridgehead atoms. The third-order valence-electron chi connectivity index (χ3n) is 5.37. The first-order valence-corrected chi connectivity index (χ1v) is 13.6. The number of hydrogen-bond acceptors (Lipinski definition) is 7. The van der Waals surface area contributed by atoms with Crippen molar-refractivity contribution in [3.63, 3.8) is 0 Å². The van der Waals surface area contributed by atoms with E-state index in [2.05, 4.69) is 89.3 Å². The Balaban J connectivity index is 1.40. The van der Waals surface area contributed by atoms with Gasteiger partial charge < -0.3 is 9.88 Å². The van der Waals surface area contributed by atoms with Crippen LogP contribution in [0.5, 0.6) is 0 Å². The van der Waals surface area contributed by atoms with Gasteiger partial charge in [-0.15, -0.1) is 32.9 Å². The molecule has 0 spiro atoms. The smallest absolute Gasteiger partial charge is 0.236 e. The van der Waals surface area contributed by atoms with E-state index in [4.69, 9.17) is 0 Å². The maximum atomic E-state index is 12.6. The summed E-state index contributed by atoms with van der Waals surface area (Å²) in [6, 6.07) is 8.46. The van der Waals surface area contributed by atoms with Gasteiger partial charge in [-0.1, -0.05) is 37.7 Å². The summed E-state index contributed by atoms with van der Waals surface area (Å²) in [4.78, 5) is 18.5. The third kappa shape index (κ3) is 5.37. The number of thiazole rings is 1. The van der Waals surface area contributed by atoms with Crippen molar-refractivity contribution in [1.29, 1.82) is 0 Å². The summed E-state index contributed by atoms with van der Waals surface area (Å²) >= 11 is 4.57. The highest BCUT2D eigenvalue weighted by Gasteiger charge is 2.17. The minimum atomic E-state index is -0.106. The zero-order chi connectivity index (χ0) is 23.5. The Morgan fingerprint density at radius 2 is 1.91 bits per heavy atom. The first kappa shape index (κ1) is 23.7. The number of amides is 1. The summed E-state index contributed by atoms with van der Waals surface area (Å²) in [5.41, 5.74) is 5.49. The van der Waals surface area contributed by atoms with E-state index in [1.165, 1.54) is 39.1 Å². The first-order chi connectivity index (χ1) is 15.9.